The Morgan fingerprint density at radius 3 is 2.92 bits per heavy atom. The van der Waals surface area contributed by atoms with Crippen LogP contribution in [0, 0.1) is 0 Å². The van der Waals surface area contributed by atoms with Crippen LogP contribution < -0.4 is 11.1 Å². The summed E-state index contributed by atoms with van der Waals surface area (Å²) < 4.78 is 7.85. The highest BCUT2D eigenvalue weighted by molar-refractivity contribution is 9.10. The molecule has 138 valence electrons. The first kappa shape index (κ1) is 18.6. The van der Waals surface area contributed by atoms with Crippen LogP contribution in [0.1, 0.15) is 18.7 Å². The molecule has 7 nitrogen and oxygen atoms in total. The number of aryl methyl sites for hydroxylation is 1. The van der Waals surface area contributed by atoms with Gasteiger partial charge in [-0.1, -0.05) is 15.9 Å². The van der Waals surface area contributed by atoms with E-state index >= 15 is 0 Å². The Labute approximate surface area is 160 Å². The van der Waals surface area contributed by atoms with Crippen molar-refractivity contribution in [3.63, 3.8) is 0 Å². The van der Waals surface area contributed by atoms with Crippen molar-refractivity contribution in [2.24, 2.45) is 0 Å². The van der Waals surface area contributed by atoms with Gasteiger partial charge < -0.3 is 20.4 Å². The Hall–Kier alpha value is -2.19. The van der Waals surface area contributed by atoms with Crippen molar-refractivity contribution in [3.8, 4) is 0 Å². The molecule has 2 heterocycles. The number of pyridine rings is 1. The zero-order valence-corrected chi connectivity index (χ0v) is 16.5. The Morgan fingerprint density at radius 2 is 2.19 bits per heavy atom. The topological polar surface area (TPSA) is 95.1 Å². The Kier molecular flexibility index (Phi) is 5.73. The number of fused-ring (bicyclic) bond motifs is 3. The maximum Gasteiger partial charge on any atom is 0.305 e. The number of methoxy groups -OCH3 is 1. The average Bonchev–Trinajstić information content (AvgIpc) is 2.99. The van der Waals surface area contributed by atoms with Crippen LogP contribution in [0.15, 0.2) is 22.7 Å². The summed E-state index contributed by atoms with van der Waals surface area (Å²) in [5.41, 5.74) is 8.69. The molecule has 0 aliphatic carbocycles. The van der Waals surface area contributed by atoms with Crippen LogP contribution in [-0.4, -0.2) is 41.2 Å². The molecule has 0 saturated carbocycles. The van der Waals surface area contributed by atoms with E-state index in [-0.39, 0.29) is 5.97 Å². The second kappa shape index (κ2) is 8.01. The van der Waals surface area contributed by atoms with Crippen molar-refractivity contribution in [1.29, 1.82) is 0 Å². The average molecular weight is 420 g/mol. The van der Waals surface area contributed by atoms with Crippen molar-refractivity contribution in [1.82, 2.24) is 19.9 Å². The fourth-order valence-electron chi connectivity index (χ4n) is 3.08. The summed E-state index contributed by atoms with van der Waals surface area (Å²) in [6, 6.07) is 5.96. The van der Waals surface area contributed by atoms with Crippen LogP contribution in [0.2, 0.25) is 0 Å². The monoisotopic (exact) mass is 419 g/mol. The number of nitrogens with zero attached hydrogens (tertiary/aromatic N) is 3. The second-order valence-corrected chi connectivity index (χ2v) is 6.98. The Balaban J connectivity index is 2.12. The number of aromatic nitrogens is 3. The van der Waals surface area contributed by atoms with Gasteiger partial charge in [-0.25, -0.2) is 9.97 Å². The summed E-state index contributed by atoms with van der Waals surface area (Å²) in [6.07, 6.45) is 1.80. The van der Waals surface area contributed by atoms with Crippen molar-refractivity contribution in [2.45, 2.75) is 25.8 Å². The zero-order chi connectivity index (χ0) is 18.7. The van der Waals surface area contributed by atoms with E-state index in [1.165, 1.54) is 7.11 Å². The highest BCUT2D eigenvalue weighted by atomic mass is 79.9. The molecular weight excluding hydrogens is 398 g/mol. The third-order valence-electron chi connectivity index (χ3n) is 4.33. The minimum absolute atomic E-state index is 0.207. The normalized spacial score (nSPS) is 11.3. The van der Waals surface area contributed by atoms with Gasteiger partial charge in [-0.15, -0.1) is 0 Å². The summed E-state index contributed by atoms with van der Waals surface area (Å²) in [5.74, 6) is 1.15. The zero-order valence-electron chi connectivity index (χ0n) is 14.9. The smallest absolute Gasteiger partial charge is 0.305 e. The molecule has 8 heteroatoms. The molecule has 0 bridgehead atoms. The lowest BCUT2D eigenvalue weighted by Crippen LogP contribution is -2.14. The van der Waals surface area contributed by atoms with Gasteiger partial charge in [0.1, 0.15) is 11.3 Å². The number of nitrogen functional groups attached to an aromatic ring is 1. The van der Waals surface area contributed by atoms with Gasteiger partial charge >= 0.3 is 5.97 Å². The number of hydrogen-bond acceptors (Lipinski definition) is 6. The number of carbonyl (C=O) groups excluding carboxylic acids is 1. The predicted molar refractivity (Wildman–Crippen MR) is 106 cm³/mol. The predicted octanol–water partition coefficient (Wildman–Crippen LogP) is 2.64. The number of carbonyl (C=O) groups is 1. The van der Waals surface area contributed by atoms with Crippen LogP contribution in [-0.2, 0) is 22.5 Å². The SMILES string of the molecule is CNCCc1nc2c(N)nc3cc(Br)ccc3c2n1CCCC(=O)OC. The Morgan fingerprint density at radius 1 is 1.38 bits per heavy atom. The molecule has 2 aromatic heterocycles. The van der Waals surface area contributed by atoms with Gasteiger partial charge in [-0.05, 0) is 31.7 Å². The molecule has 0 unspecified atom stereocenters. The van der Waals surface area contributed by atoms with Crippen molar-refractivity contribution in [2.75, 3.05) is 26.4 Å². The van der Waals surface area contributed by atoms with Crippen LogP contribution in [0.4, 0.5) is 5.82 Å². The number of nitrogens with two attached hydrogens (primary N) is 1. The third kappa shape index (κ3) is 3.66. The number of esters is 1. The number of hydrogen-bond donors (Lipinski definition) is 2. The van der Waals surface area contributed by atoms with Crippen LogP contribution in [0.3, 0.4) is 0 Å². The van der Waals surface area contributed by atoms with Gasteiger partial charge in [0.25, 0.3) is 0 Å². The summed E-state index contributed by atoms with van der Waals surface area (Å²) in [4.78, 5) is 20.7. The minimum Gasteiger partial charge on any atom is -0.469 e. The maximum atomic E-state index is 11.5. The second-order valence-electron chi connectivity index (χ2n) is 6.07. The number of rotatable bonds is 7. The van der Waals surface area contributed by atoms with Crippen LogP contribution in [0.5, 0.6) is 0 Å². The third-order valence-corrected chi connectivity index (χ3v) is 4.83. The minimum atomic E-state index is -0.207. The van der Waals surface area contributed by atoms with Gasteiger partial charge in [-0.3, -0.25) is 4.79 Å². The summed E-state index contributed by atoms with van der Waals surface area (Å²) in [6.45, 7) is 1.47. The first-order valence-corrected chi connectivity index (χ1v) is 9.29. The largest absolute Gasteiger partial charge is 0.469 e. The molecule has 0 aliphatic rings. The molecule has 3 N–H and O–H groups in total. The fourth-order valence-corrected chi connectivity index (χ4v) is 3.43. The molecule has 3 aromatic rings. The van der Waals surface area contributed by atoms with Crippen LogP contribution >= 0.6 is 15.9 Å². The number of halogens is 1. The fraction of sp³-hybridized carbons (Fsp3) is 0.389. The lowest BCUT2D eigenvalue weighted by Gasteiger charge is -2.11. The van der Waals surface area contributed by atoms with E-state index < -0.39 is 0 Å². The van der Waals surface area contributed by atoms with Crippen molar-refractivity contribution in [3.05, 3.63) is 28.5 Å². The summed E-state index contributed by atoms with van der Waals surface area (Å²) in [5, 5.41) is 4.15. The number of likely N-dealkylation sites (N-methyl/N-ethyl adjacent to an activating group) is 1. The van der Waals surface area contributed by atoms with Gasteiger partial charge in [0.15, 0.2) is 5.82 Å². The quantitative estimate of drug-likeness (QED) is 0.571. The molecule has 0 aliphatic heterocycles. The molecule has 0 atom stereocenters. The summed E-state index contributed by atoms with van der Waals surface area (Å²) >= 11 is 3.48. The molecule has 0 spiro atoms. The molecule has 0 amide bonds. The number of benzene rings is 1. The number of imidazole rings is 1. The molecule has 26 heavy (non-hydrogen) atoms. The van der Waals surface area contributed by atoms with E-state index in [0.29, 0.717) is 30.7 Å². The highest BCUT2D eigenvalue weighted by Crippen LogP contribution is 2.30. The van der Waals surface area contributed by atoms with Gasteiger partial charge in [-0.2, -0.15) is 0 Å². The molecular formula is C18H22BrN5O2. The summed E-state index contributed by atoms with van der Waals surface area (Å²) in [7, 11) is 3.32. The standard InChI is InChI=1S/C18H22BrN5O2/c1-21-8-7-14-23-16-17(24(14)9-3-4-15(25)26-2)12-6-5-11(19)10-13(12)22-18(16)20/h5-6,10,21H,3-4,7-9H2,1-2H3,(H2,20,22). The molecule has 0 fully saturated rings. The van der Waals surface area contributed by atoms with E-state index in [1.54, 1.807) is 0 Å². The number of ether oxygens (including phenoxy) is 1. The number of nitrogens with one attached hydrogen (secondary N) is 1. The van der Waals surface area contributed by atoms with Gasteiger partial charge in [0.05, 0.1) is 18.1 Å². The Bertz CT molecular complexity index is 954. The maximum absolute atomic E-state index is 11.5. The van der Waals surface area contributed by atoms with E-state index in [2.05, 4.69) is 30.8 Å². The first-order valence-electron chi connectivity index (χ1n) is 8.50. The molecule has 1 aromatic carbocycles. The van der Waals surface area contributed by atoms with Gasteiger partial charge in [0, 0.05) is 35.8 Å². The lowest BCUT2D eigenvalue weighted by molar-refractivity contribution is -0.140. The van der Waals surface area contributed by atoms with Crippen molar-refractivity contribution < 1.29 is 9.53 Å². The molecule has 0 saturated heterocycles. The molecule has 3 rings (SSSR count). The molecule has 0 radical (unpaired) electrons. The van der Waals surface area contributed by atoms with E-state index in [9.17, 15) is 4.79 Å². The van der Waals surface area contributed by atoms with E-state index in [4.69, 9.17) is 15.5 Å². The van der Waals surface area contributed by atoms with Gasteiger partial charge in [0.2, 0.25) is 0 Å². The van der Waals surface area contributed by atoms with Crippen molar-refractivity contribution >= 4 is 49.7 Å². The lowest BCUT2D eigenvalue weighted by atomic mass is 10.2. The first-order chi connectivity index (χ1) is 12.5. The number of anilines is 1. The van der Waals surface area contributed by atoms with Crippen LogP contribution in [0.25, 0.3) is 21.9 Å². The highest BCUT2D eigenvalue weighted by Gasteiger charge is 2.17. The van der Waals surface area contributed by atoms with E-state index in [1.807, 2.05) is 25.2 Å². The van der Waals surface area contributed by atoms with E-state index in [0.717, 1.165) is 39.7 Å².